The first-order valence-corrected chi connectivity index (χ1v) is 4.92. The maximum Gasteiger partial charge on any atom is 0.311 e. The second kappa shape index (κ2) is 5.41. The van der Waals surface area contributed by atoms with Gasteiger partial charge in [0.05, 0.1) is 11.0 Å². The van der Waals surface area contributed by atoms with Gasteiger partial charge in [-0.15, -0.1) is 0 Å². The summed E-state index contributed by atoms with van der Waals surface area (Å²) in [6.07, 6.45) is 1.56. The van der Waals surface area contributed by atoms with Crippen molar-refractivity contribution in [2.24, 2.45) is 0 Å². The number of anilines is 1. The number of aromatic nitrogens is 1. The van der Waals surface area contributed by atoms with Crippen LogP contribution in [0.5, 0.6) is 0 Å². The van der Waals surface area contributed by atoms with E-state index in [1.807, 2.05) is 6.92 Å². The lowest BCUT2D eigenvalue weighted by Crippen LogP contribution is -2.19. The Kier molecular flexibility index (Phi) is 4.19. The van der Waals surface area contributed by atoms with Gasteiger partial charge in [-0.2, -0.15) is 0 Å². The highest BCUT2D eigenvalue weighted by atomic mass is 16.6. The molecular weight excluding hydrogens is 210 g/mol. The zero-order chi connectivity index (χ0) is 12.1. The Balaban J connectivity index is 2.82. The average Bonchev–Trinajstić information content (AvgIpc) is 2.26. The molecule has 0 spiro atoms. The molecule has 16 heavy (non-hydrogen) atoms. The fraction of sp³-hybridized carbons (Fsp3) is 0.500. The van der Waals surface area contributed by atoms with Crippen LogP contribution in [0, 0.1) is 17.0 Å². The molecule has 1 rings (SSSR count). The SMILES string of the molecule is COC(C)CNc1ncc(C)cc1[N+](=O)[O-]. The molecule has 1 aromatic heterocycles. The van der Waals surface area contributed by atoms with Gasteiger partial charge in [-0.05, 0) is 19.4 Å². The van der Waals surface area contributed by atoms with E-state index in [1.54, 1.807) is 20.2 Å². The van der Waals surface area contributed by atoms with E-state index in [0.717, 1.165) is 5.56 Å². The van der Waals surface area contributed by atoms with Crippen LogP contribution in [0.3, 0.4) is 0 Å². The number of pyridine rings is 1. The highest BCUT2D eigenvalue weighted by molar-refractivity contribution is 5.56. The summed E-state index contributed by atoms with van der Waals surface area (Å²) >= 11 is 0. The minimum Gasteiger partial charge on any atom is -0.380 e. The van der Waals surface area contributed by atoms with Crippen LogP contribution in [0.1, 0.15) is 12.5 Å². The van der Waals surface area contributed by atoms with Crippen LogP contribution in [0.25, 0.3) is 0 Å². The van der Waals surface area contributed by atoms with Gasteiger partial charge in [0.1, 0.15) is 0 Å². The molecule has 0 saturated carbocycles. The summed E-state index contributed by atoms with van der Waals surface area (Å²) in [7, 11) is 1.59. The molecule has 6 nitrogen and oxygen atoms in total. The monoisotopic (exact) mass is 225 g/mol. The maximum absolute atomic E-state index is 10.8. The van der Waals surface area contributed by atoms with E-state index in [9.17, 15) is 10.1 Å². The molecule has 0 fully saturated rings. The molecule has 1 aromatic rings. The first kappa shape index (κ1) is 12.4. The van der Waals surface area contributed by atoms with Crippen molar-refractivity contribution in [1.29, 1.82) is 0 Å². The fourth-order valence-corrected chi connectivity index (χ4v) is 1.15. The zero-order valence-corrected chi connectivity index (χ0v) is 9.56. The third-order valence-electron chi connectivity index (χ3n) is 2.16. The van der Waals surface area contributed by atoms with Gasteiger partial charge in [0.2, 0.25) is 5.82 Å². The molecule has 1 atom stereocenters. The number of nitrogens with one attached hydrogen (secondary N) is 1. The Morgan fingerprint density at radius 1 is 1.69 bits per heavy atom. The van der Waals surface area contributed by atoms with Crippen molar-refractivity contribution in [2.75, 3.05) is 19.0 Å². The Bertz CT molecular complexity index is 382. The van der Waals surface area contributed by atoms with Gasteiger partial charge < -0.3 is 10.1 Å². The van der Waals surface area contributed by atoms with Crippen LogP contribution in [-0.2, 0) is 4.74 Å². The predicted octanol–water partition coefficient (Wildman–Crippen LogP) is 1.75. The molecule has 0 aliphatic heterocycles. The summed E-state index contributed by atoms with van der Waals surface area (Å²) in [5.41, 5.74) is 0.750. The minimum atomic E-state index is -0.445. The highest BCUT2D eigenvalue weighted by Gasteiger charge is 2.15. The standard InChI is InChI=1S/C10H15N3O3/c1-7-4-9(13(14)15)10(11-5-7)12-6-8(2)16-3/h4-5,8H,6H2,1-3H3,(H,11,12). The Hall–Kier alpha value is -1.69. The second-order valence-electron chi connectivity index (χ2n) is 3.56. The summed E-state index contributed by atoms with van der Waals surface area (Å²) in [6.45, 7) is 4.11. The molecule has 1 unspecified atom stereocenters. The van der Waals surface area contributed by atoms with Gasteiger partial charge in [-0.1, -0.05) is 0 Å². The molecule has 0 saturated heterocycles. The number of nitro groups is 1. The highest BCUT2D eigenvalue weighted by Crippen LogP contribution is 2.22. The lowest BCUT2D eigenvalue weighted by molar-refractivity contribution is -0.384. The summed E-state index contributed by atoms with van der Waals surface area (Å²) in [6, 6.07) is 1.49. The molecule has 0 aliphatic rings. The fourth-order valence-electron chi connectivity index (χ4n) is 1.15. The van der Waals surface area contributed by atoms with Gasteiger partial charge >= 0.3 is 5.69 Å². The number of hydrogen-bond donors (Lipinski definition) is 1. The topological polar surface area (TPSA) is 77.3 Å². The van der Waals surface area contributed by atoms with E-state index in [2.05, 4.69) is 10.3 Å². The normalized spacial score (nSPS) is 12.2. The van der Waals surface area contributed by atoms with Crippen molar-refractivity contribution < 1.29 is 9.66 Å². The number of rotatable bonds is 5. The number of ether oxygens (including phenoxy) is 1. The van der Waals surface area contributed by atoms with Crippen LogP contribution in [-0.4, -0.2) is 29.7 Å². The molecular formula is C10H15N3O3. The van der Waals surface area contributed by atoms with E-state index >= 15 is 0 Å². The lowest BCUT2D eigenvalue weighted by Gasteiger charge is -2.11. The van der Waals surface area contributed by atoms with Crippen molar-refractivity contribution in [3.05, 3.63) is 27.9 Å². The second-order valence-corrected chi connectivity index (χ2v) is 3.56. The van der Waals surface area contributed by atoms with E-state index in [0.29, 0.717) is 6.54 Å². The Morgan fingerprint density at radius 3 is 2.94 bits per heavy atom. The smallest absolute Gasteiger partial charge is 0.311 e. The van der Waals surface area contributed by atoms with Crippen LogP contribution in [0.4, 0.5) is 11.5 Å². The van der Waals surface area contributed by atoms with Gasteiger partial charge in [-0.3, -0.25) is 10.1 Å². The summed E-state index contributed by atoms with van der Waals surface area (Å²) < 4.78 is 5.04. The van der Waals surface area contributed by atoms with Crippen molar-refractivity contribution >= 4 is 11.5 Å². The van der Waals surface area contributed by atoms with Crippen LogP contribution in [0.15, 0.2) is 12.3 Å². The summed E-state index contributed by atoms with van der Waals surface area (Å²) in [5, 5.41) is 13.7. The van der Waals surface area contributed by atoms with Gasteiger partial charge in [0, 0.05) is 25.9 Å². The Morgan fingerprint density at radius 2 is 2.38 bits per heavy atom. The van der Waals surface area contributed by atoms with Crippen molar-refractivity contribution in [3.63, 3.8) is 0 Å². The number of methoxy groups -OCH3 is 1. The van der Waals surface area contributed by atoms with Crippen LogP contribution in [0.2, 0.25) is 0 Å². The molecule has 6 heteroatoms. The quantitative estimate of drug-likeness (QED) is 0.610. The van der Waals surface area contributed by atoms with E-state index in [4.69, 9.17) is 4.74 Å². The molecule has 0 aromatic carbocycles. The molecule has 0 radical (unpaired) electrons. The Labute approximate surface area is 93.8 Å². The lowest BCUT2D eigenvalue weighted by atomic mass is 10.3. The molecule has 0 bridgehead atoms. The largest absolute Gasteiger partial charge is 0.380 e. The zero-order valence-electron chi connectivity index (χ0n) is 9.56. The maximum atomic E-state index is 10.8. The summed E-state index contributed by atoms with van der Waals surface area (Å²) in [4.78, 5) is 14.3. The van der Waals surface area contributed by atoms with E-state index in [1.165, 1.54) is 6.07 Å². The molecule has 1 heterocycles. The summed E-state index contributed by atoms with van der Waals surface area (Å²) in [5.74, 6) is 0.277. The van der Waals surface area contributed by atoms with E-state index in [-0.39, 0.29) is 17.6 Å². The van der Waals surface area contributed by atoms with E-state index < -0.39 is 4.92 Å². The first-order chi connectivity index (χ1) is 7.54. The molecule has 0 aliphatic carbocycles. The third-order valence-corrected chi connectivity index (χ3v) is 2.16. The minimum absolute atomic E-state index is 0.0108. The molecule has 0 amide bonds. The molecule has 88 valence electrons. The van der Waals surface area contributed by atoms with Gasteiger partial charge in [0.15, 0.2) is 0 Å². The van der Waals surface area contributed by atoms with Crippen molar-refractivity contribution in [2.45, 2.75) is 20.0 Å². The first-order valence-electron chi connectivity index (χ1n) is 4.92. The van der Waals surface area contributed by atoms with Crippen molar-refractivity contribution in [3.8, 4) is 0 Å². The average molecular weight is 225 g/mol. The predicted molar refractivity (Wildman–Crippen MR) is 60.6 cm³/mol. The van der Waals surface area contributed by atoms with Gasteiger partial charge in [0.25, 0.3) is 0 Å². The number of aryl methyl sites for hydroxylation is 1. The van der Waals surface area contributed by atoms with Gasteiger partial charge in [-0.25, -0.2) is 4.98 Å². The van der Waals surface area contributed by atoms with Crippen molar-refractivity contribution in [1.82, 2.24) is 4.98 Å². The third kappa shape index (κ3) is 3.16. The number of hydrogen-bond acceptors (Lipinski definition) is 5. The van der Waals surface area contributed by atoms with Crippen LogP contribution >= 0.6 is 0 Å². The van der Waals surface area contributed by atoms with Crippen LogP contribution < -0.4 is 5.32 Å². The molecule has 1 N–H and O–H groups in total. The number of nitrogens with zero attached hydrogens (tertiary/aromatic N) is 2.